The van der Waals surface area contributed by atoms with Gasteiger partial charge in [0.05, 0.1) is 17.2 Å². The Hall–Kier alpha value is -2.52. The van der Waals surface area contributed by atoms with Gasteiger partial charge < -0.3 is 10.2 Å². The summed E-state index contributed by atoms with van der Waals surface area (Å²) in [6.45, 7) is 2.44. The van der Waals surface area contributed by atoms with Crippen molar-refractivity contribution in [1.82, 2.24) is 4.90 Å². The van der Waals surface area contributed by atoms with Crippen molar-refractivity contribution in [3.63, 3.8) is 0 Å². The molecule has 0 bridgehead atoms. The molecule has 1 aliphatic heterocycles. The van der Waals surface area contributed by atoms with E-state index < -0.39 is 10.7 Å². The van der Waals surface area contributed by atoms with Crippen LogP contribution in [0.5, 0.6) is 0 Å². The summed E-state index contributed by atoms with van der Waals surface area (Å²) in [5.41, 5.74) is 0.778. The molecule has 1 saturated heterocycles. The highest BCUT2D eigenvalue weighted by atomic mass is 79.9. The number of rotatable bonds is 5. The molecule has 27 heavy (non-hydrogen) atoms. The van der Waals surface area contributed by atoms with Crippen LogP contribution in [0.25, 0.3) is 0 Å². The van der Waals surface area contributed by atoms with Gasteiger partial charge in [-0.05, 0) is 24.3 Å². The molecular weight excluding hydrogens is 419 g/mol. The first-order valence-corrected chi connectivity index (χ1v) is 9.19. The van der Waals surface area contributed by atoms with Crippen LogP contribution in [-0.4, -0.2) is 48.5 Å². The SMILES string of the molecule is O=C(CN1CCN(c2ccc(Br)cc2[N+](=O)[O-])CC1)Nc1ccccc1F. The van der Waals surface area contributed by atoms with Gasteiger partial charge in [0.2, 0.25) is 5.91 Å². The van der Waals surface area contributed by atoms with Gasteiger partial charge in [-0.3, -0.25) is 19.8 Å². The van der Waals surface area contributed by atoms with Gasteiger partial charge in [0.1, 0.15) is 11.5 Å². The van der Waals surface area contributed by atoms with Gasteiger partial charge in [-0.25, -0.2) is 4.39 Å². The molecule has 1 N–H and O–H groups in total. The molecule has 1 aliphatic rings. The largest absolute Gasteiger partial charge is 0.363 e. The zero-order valence-corrected chi connectivity index (χ0v) is 16.0. The molecule has 2 aromatic rings. The molecule has 0 saturated carbocycles. The van der Waals surface area contributed by atoms with Crippen molar-refractivity contribution in [3.05, 3.63) is 62.9 Å². The van der Waals surface area contributed by atoms with Crippen molar-refractivity contribution >= 4 is 38.9 Å². The van der Waals surface area contributed by atoms with E-state index in [9.17, 15) is 19.3 Å². The summed E-state index contributed by atoms with van der Waals surface area (Å²) in [6, 6.07) is 11.0. The molecule has 0 spiro atoms. The molecule has 1 fully saturated rings. The fraction of sp³-hybridized carbons (Fsp3) is 0.278. The third-order valence-electron chi connectivity index (χ3n) is 4.36. The average molecular weight is 437 g/mol. The molecule has 9 heteroatoms. The van der Waals surface area contributed by atoms with Gasteiger partial charge in [-0.2, -0.15) is 0 Å². The Bertz CT molecular complexity index is 856. The predicted molar refractivity (Wildman–Crippen MR) is 104 cm³/mol. The van der Waals surface area contributed by atoms with Crippen molar-refractivity contribution in [3.8, 4) is 0 Å². The summed E-state index contributed by atoms with van der Waals surface area (Å²) in [5, 5.41) is 13.9. The average Bonchev–Trinajstić information content (AvgIpc) is 2.64. The molecule has 0 radical (unpaired) electrons. The second-order valence-corrected chi connectivity index (χ2v) is 7.10. The number of nitrogens with one attached hydrogen (secondary N) is 1. The summed E-state index contributed by atoms with van der Waals surface area (Å²) < 4.78 is 14.3. The standard InChI is InChI=1S/C18H18BrFN4O3/c19-13-5-6-16(17(11-13)24(26)27)23-9-7-22(8-10-23)12-18(25)21-15-4-2-1-3-14(15)20/h1-6,11H,7-10,12H2,(H,21,25). The van der Waals surface area contributed by atoms with E-state index in [1.165, 1.54) is 18.2 Å². The zero-order chi connectivity index (χ0) is 19.4. The van der Waals surface area contributed by atoms with E-state index in [1.807, 2.05) is 9.80 Å². The van der Waals surface area contributed by atoms with E-state index in [1.54, 1.807) is 24.3 Å². The maximum Gasteiger partial charge on any atom is 0.293 e. The highest BCUT2D eigenvalue weighted by Crippen LogP contribution is 2.31. The number of benzene rings is 2. The van der Waals surface area contributed by atoms with E-state index in [4.69, 9.17) is 0 Å². The molecule has 2 aromatic carbocycles. The number of carbonyl (C=O) groups is 1. The number of hydrogen-bond donors (Lipinski definition) is 1. The van der Waals surface area contributed by atoms with Crippen LogP contribution in [0.15, 0.2) is 46.9 Å². The fourth-order valence-corrected chi connectivity index (χ4v) is 3.36. The van der Waals surface area contributed by atoms with Gasteiger partial charge in [-0.1, -0.05) is 28.1 Å². The molecule has 7 nitrogen and oxygen atoms in total. The highest BCUT2D eigenvalue weighted by Gasteiger charge is 2.24. The van der Waals surface area contributed by atoms with Crippen LogP contribution in [0, 0.1) is 15.9 Å². The maximum absolute atomic E-state index is 13.6. The second kappa shape index (κ2) is 8.45. The Kier molecular flexibility index (Phi) is 6.02. The molecule has 0 unspecified atom stereocenters. The monoisotopic (exact) mass is 436 g/mol. The number of nitro benzene ring substituents is 1. The van der Waals surface area contributed by atoms with Gasteiger partial charge in [0.15, 0.2) is 0 Å². The minimum absolute atomic E-state index is 0.0510. The van der Waals surface area contributed by atoms with Crippen LogP contribution >= 0.6 is 15.9 Å². The number of piperazine rings is 1. The molecule has 1 heterocycles. The Balaban J connectivity index is 1.57. The summed E-state index contributed by atoms with van der Waals surface area (Å²) >= 11 is 3.26. The van der Waals surface area contributed by atoms with Gasteiger partial charge in [0, 0.05) is 36.7 Å². The number of nitrogens with zero attached hydrogens (tertiary/aromatic N) is 3. The molecule has 0 aliphatic carbocycles. The van der Waals surface area contributed by atoms with E-state index in [-0.39, 0.29) is 23.8 Å². The third-order valence-corrected chi connectivity index (χ3v) is 4.86. The van der Waals surface area contributed by atoms with Crippen molar-refractivity contribution < 1.29 is 14.1 Å². The number of para-hydroxylation sites is 1. The Morgan fingerprint density at radius 2 is 1.89 bits per heavy atom. The minimum Gasteiger partial charge on any atom is -0.363 e. The first kappa shape index (κ1) is 19.2. The smallest absolute Gasteiger partial charge is 0.293 e. The third kappa shape index (κ3) is 4.81. The lowest BCUT2D eigenvalue weighted by Crippen LogP contribution is -2.48. The minimum atomic E-state index is -0.474. The van der Waals surface area contributed by atoms with E-state index in [0.717, 1.165) is 0 Å². The first-order valence-electron chi connectivity index (χ1n) is 8.39. The molecule has 0 atom stereocenters. The number of anilines is 2. The Morgan fingerprint density at radius 3 is 2.56 bits per heavy atom. The molecular formula is C18H18BrFN4O3. The van der Waals surface area contributed by atoms with Crippen molar-refractivity contribution in [2.45, 2.75) is 0 Å². The maximum atomic E-state index is 13.6. The van der Waals surface area contributed by atoms with Crippen molar-refractivity contribution in [2.75, 3.05) is 42.9 Å². The summed E-state index contributed by atoms with van der Waals surface area (Å²) in [6.07, 6.45) is 0. The van der Waals surface area contributed by atoms with Crippen LogP contribution in [0.4, 0.5) is 21.5 Å². The highest BCUT2D eigenvalue weighted by molar-refractivity contribution is 9.10. The lowest BCUT2D eigenvalue weighted by molar-refractivity contribution is -0.384. The van der Waals surface area contributed by atoms with Crippen molar-refractivity contribution in [1.29, 1.82) is 0 Å². The van der Waals surface area contributed by atoms with Crippen molar-refractivity contribution in [2.24, 2.45) is 0 Å². The van der Waals surface area contributed by atoms with Gasteiger partial charge in [-0.15, -0.1) is 0 Å². The Morgan fingerprint density at radius 1 is 1.19 bits per heavy atom. The first-order chi connectivity index (χ1) is 12.9. The number of hydrogen-bond acceptors (Lipinski definition) is 5. The van der Waals surface area contributed by atoms with Crippen LogP contribution in [0.1, 0.15) is 0 Å². The van der Waals surface area contributed by atoms with E-state index >= 15 is 0 Å². The number of amides is 1. The predicted octanol–water partition coefficient (Wildman–Crippen LogP) is 3.26. The topological polar surface area (TPSA) is 78.7 Å². The van der Waals surface area contributed by atoms with Gasteiger partial charge in [0.25, 0.3) is 5.69 Å². The molecule has 0 aromatic heterocycles. The number of carbonyl (C=O) groups excluding carboxylic acids is 1. The molecule has 142 valence electrons. The van der Waals surface area contributed by atoms with Crippen LogP contribution in [-0.2, 0) is 4.79 Å². The molecule has 1 amide bonds. The zero-order valence-electron chi connectivity index (χ0n) is 14.4. The number of nitro groups is 1. The van der Waals surface area contributed by atoms with Crippen LogP contribution in [0.3, 0.4) is 0 Å². The summed E-state index contributed by atoms with van der Waals surface area (Å²) in [7, 11) is 0. The number of halogens is 2. The summed E-state index contributed by atoms with van der Waals surface area (Å²) in [5.74, 6) is -0.763. The van der Waals surface area contributed by atoms with Crippen LogP contribution < -0.4 is 10.2 Å². The van der Waals surface area contributed by atoms with Crippen LogP contribution in [0.2, 0.25) is 0 Å². The fourth-order valence-electron chi connectivity index (χ4n) is 3.01. The molecule has 3 rings (SSSR count). The van der Waals surface area contributed by atoms with E-state index in [2.05, 4.69) is 21.2 Å². The quantitative estimate of drug-likeness (QED) is 0.574. The summed E-state index contributed by atoms with van der Waals surface area (Å²) in [4.78, 5) is 26.9. The lowest BCUT2D eigenvalue weighted by atomic mass is 10.2. The second-order valence-electron chi connectivity index (χ2n) is 6.18. The van der Waals surface area contributed by atoms with E-state index in [0.29, 0.717) is 36.3 Å². The normalized spacial score (nSPS) is 14.8. The van der Waals surface area contributed by atoms with Gasteiger partial charge >= 0.3 is 0 Å². The Labute approximate surface area is 164 Å². The lowest BCUT2D eigenvalue weighted by Gasteiger charge is -2.35.